The summed E-state index contributed by atoms with van der Waals surface area (Å²) < 4.78 is 9.69. The molecule has 138 valence electrons. The summed E-state index contributed by atoms with van der Waals surface area (Å²) in [5.41, 5.74) is 0.643. The van der Waals surface area contributed by atoms with Crippen molar-refractivity contribution in [3.63, 3.8) is 0 Å². The van der Waals surface area contributed by atoms with Crippen molar-refractivity contribution in [3.05, 3.63) is 61.8 Å². The molecule has 1 N–H and O–H groups in total. The number of benzene rings is 1. The molecule has 10 heteroatoms. The van der Waals surface area contributed by atoms with Gasteiger partial charge in [0.2, 0.25) is 5.76 Å². The topological polar surface area (TPSA) is 112 Å². The Morgan fingerprint density at radius 3 is 2.50 bits per heavy atom. The van der Waals surface area contributed by atoms with Crippen molar-refractivity contribution in [1.29, 1.82) is 0 Å². The van der Waals surface area contributed by atoms with Crippen molar-refractivity contribution >= 4 is 41.0 Å². The number of amides is 1. The molecule has 1 aromatic heterocycles. The second-order valence-corrected chi connectivity index (χ2v) is 6.18. The van der Waals surface area contributed by atoms with Crippen LogP contribution in [-0.2, 0) is 9.53 Å². The molecule has 8 nitrogen and oxygen atoms in total. The molecular formula is C16H14Cl2N2O6. The number of nitro groups is 1. The fourth-order valence-corrected chi connectivity index (χ4v) is 2.64. The highest BCUT2D eigenvalue weighted by molar-refractivity contribution is 6.35. The summed E-state index contributed by atoms with van der Waals surface area (Å²) in [6.45, 7) is 3.07. The summed E-state index contributed by atoms with van der Waals surface area (Å²) >= 11 is 11.9. The van der Waals surface area contributed by atoms with Crippen LogP contribution in [0.4, 0.5) is 5.88 Å². The van der Waals surface area contributed by atoms with Gasteiger partial charge in [-0.05, 0) is 37.6 Å². The maximum atomic E-state index is 12.2. The molecule has 0 aliphatic rings. The Kier molecular flexibility index (Phi) is 6.23. The molecule has 0 unspecified atom stereocenters. The number of esters is 1. The van der Waals surface area contributed by atoms with Crippen molar-refractivity contribution in [3.8, 4) is 0 Å². The first-order valence-corrected chi connectivity index (χ1v) is 8.15. The molecule has 26 heavy (non-hydrogen) atoms. The number of ether oxygens (including phenoxy) is 1. The summed E-state index contributed by atoms with van der Waals surface area (Å²) in [7, 11) is 0. The average molecular weight is 401 g/mol. The molecule has 1 aromatic carbocycles. The van der Waals surface area contributed by atoms with E-state index in [2.05, 4.69) is 5.32 Å². The molecule has 0 saturated heterocycles. The SMILES string of the molecule is C[C@H](OC(=O)c1ccc([N+](=O)[O-])o1)C(=O)N[C@H](C)c1ccc(Cl)cc1Cl. The highest BCUT2D eigenvalue weighted by Gasteiger charge is 2.24. The molecule has 0 fully saturated rings. The molecule has 0 saturated carbocycles. The Hall–Kier alpha value is -2.58. The molecule has 0 bridgehead atoms. The van der Waals surface area contributed by atoms with Crippen LogP contribution in [0.25, 0.3) is 0 Å². The molecule has 1 amide bonds. The Labute approximate surface area is 158 Å². The summed E-state index contributed by atoms with van der Waals surface area (Å²) in [6.07, 6.45) is -1.15. The lowest BCUT2D eigenvalue weighted by atomic mass is 10.1. The Morgan fingerprint density at radius 1 is 1.23 bits per heavy atom. The van der Waals surface area contributed by atoms with E-state index in [4.69, 9.17) is 32.4 Å². The van der Waals surface area contributed by atoms with Crippen LogP contribution in [0.1, 0.15) is 36.0 Å². The lowest BCUT2D eigenvalue weighted by molar-refractivity contribution is -0.402. The van der Waals surface area contributed by atoms with Gasteiger partial charge < -0.3 is 14.5 Å². The Balaban J connectivity index is 1.97. The van der Waals surface area contributed by atoms with E-state index in [-0.39, 0.29) is 5.76 Å². The van der Waals surface area contributed by atoms with Crippen molar-refractivity contribution in [1.82, 2.24) is 5.32 Å². The van der Waals surface area contributed by atoms with Crippen LogP contribution >= 0.6 is 23.2 Å². The molecule has 2 rings (SSSR count). The van der Waals surface area contributed by atoms with Gasteiger partial charge in [-0.2, -0.15) is 0 Å². The second kappa shape index (κ2) is 8.20. The first kappa shape index (κ1) is 19.7. The van der Waals surface area contributed by atoms with Gasteiger partial charge in [-0.25, -0.2) is 4.79 Å². The van der Waals surface area contributed by atoms with Gasteiger partial charge in [0, 0.05) is 10.0 Å². The Bertz CT molecular complexity index is 851. The summed E-state index contributed by atoms with van der Waals surface area (Å²) in [5, 5.41) is 14.1. The number of hydrogen-bond acceptors (Lipinski definition) is 6. The van der Waals surface area contributed by atoms with Gasteiger partial charge in [-0.15, -0.1) is 0 Å². The molecular weight excluding hydrogens is 387 g/mol. The predicted molar refractivity (Wildman–Crippen MR) is 93.3 cm³/mol. The number of furan rings is 1. The maximum absolute atomic E-state index is 12.2. The fourth-order valence-electron chi connectivity index (χ4n) is 2.07. The maximum Gasteiger partial charge on any atom is 0.433 e. The molecule has 1 heterocycles. The van der Waals surface area contributed by atoms with E-state index in [0.717, 1.165) is 12.1 Å². The molecule has 2 atom stereocenters. The fraction of sp³-hybridized carbons (Fsp3) is 0.250. The van der Waals surface area contributed by atoms with Crippen molar-refractivity contribution in [2.75, 3.05) is 0 Å². The predicted octanol–water partition coefficient (Wildman–Crippen LogP) is 3.92. The lowest BCUT2D eigenvalue weighted by Crippen LogP contribution is -2.37. The minimum atomic E-state index is -1.15. The van der Waals surface area contributed by atoms with Gasteiger partial charge in [0.25, 0.3) is 5.91 Å². The number of nitrogens with one attached hydrogen (secondary N) is 1. The standard InChI is InChI=1S/C16H14Cl2N2O6/c1-8(11-4-3-10(17)7-12(11)18)19-15(21)9(2)25-16(22)13-5-6-14(26-13)20(23)24/h3-9H,1-2H3,(H,19,21)/t8-,9+/m1/s1. The van der Waals surface area contributed by atoms with Gasteiger partial charge in [0.15, 0.2) is 6.10 Å². The van der Waals surface area contributed by atoms with E-state index in [1.54, 1.807) is 25.1 Å². The lowest BCUT2D eigenvalue weighted by Gasteiger charge is -2.19. The van der Waals surface area contributed by atoms with Crippen LogP contribution in [-0.4, -0.2) is 22.9 Å². The summed E-state index contributed by atoms with van der Waals surface area (Å²) in [4.78, 5) is 33.8. The van der Waals surface area contributed by atoms with Crippen LogP contribution < -0.4 is 5.32 Å². The average Bonchev–Trinajstić information content (AvgIpc) is 3.04. The van der Waals surface area contributed by atoms with Crippen molar-refractivity contribution in [2.24, 2.45) is 0 Å². The normalized spacial score (nSPS) is 12.9. The summed E-state index contributed by atoms with van der Waals surface area (Å²) in [5.74, 6) is -2.53. The van der Waals surface area contributed by atoms with Gasteiger partial charge in [-0.1, -0.05) is 29.3 Å². The quantitative estimate of drug-likeness (QED) is 0.446. The number of rotatable bonds is 6. The number of hydrogen-bond donors (Lipinski definition) is 1. The number of carbonyl (C=O) groups is 2. The van der Waals surface area contributed by atoms with Crippen molar-refractivity contribution < 1.29 is 23.7 Å². The third-order valence-electron chi connectivity index (χ3n) is 3.41. The van der Waals surface area contributed by atoms with Crippen LogP contribution in [0, 0.1) is 10.1 Å². The van der Waals surface area contributed by atoms with Gasteiger partial charge in [-0.3, -0.25) is 14.9 Å². The van der Waals surface area contributed by atoms with Crippen molar-refractivity contribution in [2.45, 2.75) is 26.0 Å². The zero-order valence-electron chi connectivity index (χ0n) is 13.7. The molecule has 0 spiro atoms. The highest BCUT2D eigenvalue weighted by Crippen LogP contribution is 2.26. The smallest absolute Gasteiger partial charge is 0.433 e. The number of halogens is 2. The molecule has 0 aliphatic heterocycles. The van der Waals surface area contributed by atoms with Gasteiger partial charge >= 0.3 is 11.9 Å². The number of nitrogens with zero attached hydrogens (tertiary/aromatic N) is 1. The zero-order valence-corrected chi connectivity index (χ0v) is 15.2. The first-order valence-electron chi connectivity index (χ1n) is 7.39. The van der Waals surface area contributed by atoms with E-state index in [1.807, 2.05) is 0 Å². The molecule has 0 aliphatic carbocycles. The second-order valence-electron chi connectivity index (χ2n) is 5.34. The minimum Gasteiger partial charge on any atom is -0.447 e. The van der Waals surface area contributed by atoms with E-state index in [1.165, 1.54) is 6.92 Å². The van der Waals surface area contributed by atoms with Crippen LogP contribution in [0.3, 0.4) is 0 Å². The largest absolute Gasteiger partial charge is 0.447 e. The number of carbonyl (C=O) groups excluding carboxylic acids is 2. The molecule has 0 radical (unpaired) electrons. The van der Waals surface area contributed by atoms with Crippen LogP contribution in [0.5, 0.6) is 0 Å². The summed E-state index contributed by atoms with van der Waals surface area (Å²) in [6, 6.07) is 6.52. The third-order valence-corrected chi connectivity index (χ3v) is 3.98. The Morgan fingerprint density at radius 2 is 1.92 bits per heavy atom. The van der Waals surface area contributed by atoms with E-state index < -0.39 is 34.8 Å². The molecule has 2 aromatic rings. The van der Waals surface area contributed by atoms with E-state index in [0.29, 0.717) is 15.6 Å². The van der Waals surface area contributed by atoms with E-state index >= 15 is 0 Å². The monoisotopic (exact) mass is 400 g/mol. The van der Waals surface area contributed by atoms with Crippen LogP contribution in [0.15, 0.2) is 34.7 Å². The third kappa shape index (κ3) is 4.74. The highest BCUT2D eigenvalue weighted by atomic mass is 35.5. The minimum absolute atomic E-state index is 0.370. The first-order chi connectivity index (χ1) is 12.2. The van der Waals surface area contributed by atoms with Crippen LogP contribution in [0.2, 0.25) is 10.0 Å². The zero-order chi connectivity index (χ0) is 19.4. The van der Waals surface area contributed by atoms with E-state index in [9.17, 15) is 19.7 Å². The van der Waals surface area contributed by atoms with Gasteiger partial charge in [0.1, 0.15) is 4.92 Å². The van der Waals surface area contributed by atoms with Gasteiger partial charge in [0.05, 0.1) is 12.1 Å².